The van der Waals surface area contributed by atoms with Crippen molar-refractivity contribution in [2.45, 2.75) is 38.1 Å². The van der Waals surface area contributed by atoms with Gasteiger partial charge in [-0.25, -0.2) is 17.6 Å². The summed E-state index contributed by atoms with van der Waals surface area (Å²) in [6.07, 6.45) is -8.96. The van der Waals surface area contributed by atoms with E-state index in [1.807, 2.05) is 0 Å². The van der Waals surface area contributed by atoms with E-state index < -0.39 is 58.7 Å². The minimum atomic E-state index is -5.64. The molecular weight excluding hydrogens is 365 g/mol. The summed E-state index contributed by atoms with van der Waals surface area (Å²) in [5.74, 6) is -11.7. The fourth-order valence-corrected chi connectivity index (χ4v) is 2.08. The molecule has 0 spiro atoms. The molecule has 0 amide bonds. The van der Waals surface area contributed by atoms with E-state index in [-0.39, 0.29) is 17.1 Å². The van der Waals surface area contributed by atoms with Crippen LogP contribution >= 0.6 is 0 Å². The van der Waals surface area contributed by atoms with Gasteiger partial charge in [0, 0.05) is 28.6 Å². The van der Waals surface area contributed by atoms with Crippen LogP contribution < -0.4 is 0 Å². The summed E-state index contributed by atoms with van der Waals surface area (Å²) in [5, 5.41) is 18.7. The molecule has 2 atom stereocenters. The smallest absolute Gasteiger partial charge is 0.393 e. The molecule has 0 saturated carbocycles. The second-order valence-corrected chi connectivity index (χ2v) is 4.55. The maximum absolute atomic E-state index is 13.7. The minimum Gasteiger partial charge on any atom is -0.393 e. The first kappa shape index (κ1) is 21.2. The van der Waals surface area contributed by atoms with E-state index in [1.54, 1.807) is 0 Å². The Morgan fingerprint density at radius 2 is 1.09 bits per heavy atom. The van der Waals surface area contributed by atoms with Gasteiger partial charge in [0.15, 0.2) is 23.3 Å². The van der Waals surface area contributed by atoms with Gasteiger partial charge in [0.05, 0.1) is 12.2 Å². The van der Waals surface area contributed by atoms with Crippen molar-refractivity contribution in [2.24, 2.45) is 0 Å². The Kier molecular flexibility index (Phi) is 6.89. The van der Waals surface area contributed by atoms with Gasteiger partial charge < -0.3 is 10.2 Å². The predicted molar refractivity (Wildman–Crippen MR) is 57.4 cm³/mol. The molecule has 0 heterocycles. The molecule has 128 valence electrons. The van der Waals surface area contributed by atoms with Crippen molar-refractivity contribution in [3.8, 4) is 0 Å². The van der Waals surface area contributed by atoms with E-state index in [1.165, 1.54) is 0 Å². The molecule has 0 radical (unpaired) electrons. The number of rotatable bonds is 3. The third-order valence-electron chi connectivity index (χ3n) is 2.95. The van der Waals surface area contributed by atoms with E-state index in [4.69, 9.17) is 0 Å². The molecule has 0 aliphatic rings. The maximum atomic E-state index is 13.7. The molecule has 1 rings (SSSR count). The molecule has 2 N–H and O–H groups in total. The predicted octanol–water partition coefficient (Wildman–Crippen LogP) is 3.10. The van der Waals surface area contributed by atoms with Crippen LogP contribution in [0.1, 0.15) is 30.9 Å². The number of aliphatic hydroxyl groups excluding tert-OH is 2. The van der Waals surface area contributed by atoms with Crippen LogP contribution in [0.4, 0.5) is 30.7 Å². The van der Waals surface area contributed by atoms with Crippen molar-refractivity contribution in [1.29, 1.82) is 0 Å². The topological polar surface area (TPSA) is 40.5 Å². The van der Waals surface area contributed by atoms with Gasteiger partial charge in [-0.05, 0) is 13.8 Å². The summed E-state index contributed by atoms with van der Waals surface area (Å²) >= 11 is 0. The molecule has 0 fully saturated rings. The number of benzene rings is 1. The van der Waals surface area contributed by atoms with Gasteiger partial charge in [0.2, 0.25) is 0 Å². The summed E-state index contributed by atoms with van der Waals surface area (Å²) in [6, 6.07) is 0. The Balaban J connectivity index is 0.00000441. The van der Waals surface area contributed by atoms with Gasteiger partial charge in [-0.15, -0.1) is 0 Å². The summed E-state index contributed by atoms with van der Waals surface area (Å²) in [4.78, 5) is 0. The summed E-state index contributed by atoms with van der Waals surface area (Å²) in [6.45, 7) is 1.92. The van der Waals surface area contributed by atoms with Crippen molar-refractivity contribution in [3.05, 3.63) is 34.4 Å². The third kappa shape index (κ3) is 3.73. The average molecular weight is 376 g/mol. The number of hydrogen-bond acceptors (Lipinski definition) is 2. The van der Waals surface area contributed by atoms with Crippen molar-refractivity contribution in [3.63, 3.8) is 0 Å². The number of halogens is 7. The molecular formula is C12H11F7FeO2. The van der Waals surface area contributed by atoms with Crippen LogP contribution in [0.5, 0.6) is 0 Å². The molecule has 1 aromatic rings. The fourth-order valence-electron chi connectivity index (χ4n) is 2.08. The van der Waals surface area contributed by atoms with Crippen molar-refractivity contribution in [2.75, 3.05) is 0 Å². The first-order valence-electron chi connectivity index (χ1n) is 5.70. The van der Waals surface area contributed by atoms with Crippen LogP contribution in [0, 0.1) is 23.3 Å². The third-order valence-corrected chi connectivity index (χ3v) is 2.95. The van der Waals surface area contributed by atoms with E-state index in [9.17, 15) is 40.9 Å². The van der Waals surface area contributed by atoms with Crippen LogP contribution in [0.15, 0.2) is 0 Å². The van der Waals surface area contributed by atoms with Gasteiger partial charge >= 0.3 is 6.18 Å². The zero-order valence-electron chi connectivity index (χ0n) is 11.1. The largest absolute Gasteiger partial charge is 0.422 e. The van der Waals surface area contributed by atoms with Crippen LogP contribution in [0.3, 0.4) is 0 Å². The Morgan fingerprint density at radius 1 is 0.773 bits per heavy atom. The average Bonchev–Trinajstić information content (AvgIpc) is 2.29. The van der Waals surface area contributed by atoms with Crippen LogP contribution in [0.2, 0.25) is 0 Å². The number of alkyl halides is 3. The summed E-state index contributed by atoms with van der Waals surface area (Å²) < 4.78 is 91.5. The molecule has 0 aliphatic heterocycles. The van der Waals surface area contributed by atoms with Gasteiger partial charge in [0.1, 0.15) is 5.56 Å². The molecule has 0 bridgehead atoms. The zero-order chi connectivity index (χ0) is 16.7. The van der Waals surface area contributed by atoms with Crippen molar-refractivity contribution >= 4 is 0 Å². The molecule has 0 aliphatic carbocycles. The summed E-state index contributed by atoms with van der Waals surface area (Å²) in [5.41, 5.74) is -4.17. The quantitative estimate of drug-likeness (QED) is 0.484. The van der Waals surface area contributed by atoms with Crippen LogP contribution in [0.25, 0.3) is 0 Å². The molecule has 1 aromatic carbocycles. The van der Waals surface area contributed by atoms with Gasteiger partial charge in [-0.1, -0.05) is 0 Å². The Hall–Kier alpha value is -0.831. The van der Waals surface area contributed by atoms with E-state index >= 15 is 0 Å². The van der Waals surface area contributed by atoms with E-state index in [2.05, 4.69) is 0 Å². The fraction of sp³-hybridized carbons (Fsp3) is 0.500. The SMILES string of the molecule is CC(O)C(c1c(F)c(F)c(C(F)(F)F)c(F)c1F)C(C)O.[Fe]. The summed E-state index contributed by atoms with van der Waals surface area (Å²) in [7, 11) is 0. The molecule has 0 saturated heterocycles. The minimum absolute atomic E-state index is 0. The van der Waals surface area contributed by atoms with Gasteiger partial charge in [-0.2, -0.15) is 13.2 Å². The second-order valence-electron chi connectivity index (χ2n) is 4.55. The Bertz CT molecular complexity index is 506. The molecule has 0 aromatic heterocycles. The van der Waals surface area contributed by atoms with Gasteiger partial charge in [0.25, 0.3) is 0 Å². The van der Waals surface area contributed by atoms with Gasteiger partial charge in [-0.3, -0.25) is 0 Å². The van der Waals surface area contributed by atoms with Crippen LogP contribution in [-0.2, 0) is 23.2 Å². The second kappa shape index (κ2) is 7.16. The molecule has 10 heteroatoms. The standard InChI is InChI=1S/C12H11F7O2.Fe/c1-3(20)5(4(2)21)6-8(13)10(15)7(12(17,18)19)11(16)9(6)14;/h3-5,20-21H,1-2H3;. The first-order valence-corrected chi connectivity index (χ1v) is 5.70. The molecule has 22 heavy (non-hydrogen) atoms. The van der Waals surface area contributed by atoms with Crippen molar-refractivity contribution < 1.29 is 58.0 Å². The number of hydrogen-bond donors (Lipinski definition) is 2. The zero-order valence-corrected chi connectivity index (χ0v) is 12.2. The van der Waals surface area contributed by atoms with E-state index in [0.717, 1.165) is 13.8 Å². The normalized spacial score (nSPS) is 16.0. The molecule has 2 unspecified atom stereocenters. The van der Waals surface area contributed by atoms with Crippen LogP contribution in [-0.4, -0.2) is 22.4 Å². The Morgan fingerprint density at radius 3 is 1.32 bits per heavy atom. The Labute approximate surface area is 131 Å². The van der Waals surface area contributed by atoms with Crippen molar-refractivity contribution in [1.82, 2.24) is 0 Å². The number of aliphatic hydroxyl groups is 2. The maximum Gasteiger partial charge on any atom is 0.422 e. The molecule has 2 nitrogen and oxygen atoms in total. The first-order chi connectivity index (χ1) is 9.41. The van der Waals surface area contributed by atoms with E-state index in [0.29, 0.717) is 0 Å². The monoisotopic (exact) mass is 376 g/mol.